The summed E-state index contributed by atoms with van der Waals surface area (Å²) in [6.45, 7) is -12.3. The molecule has 2 atom stereocenters. The Morgan fingerprint density at radius 2 is 2.67 bits per heavy atom. The largest absolute Gasteiger partial charge is 0.354 e. The van der Waals surface area contributed by atoms with Crippen LogP contribution in [0.15, 0.2) is 12.4 Å². The van der Waals surface area contributed by atoms with Gasteiger partial charge in [0.2, 0.25) is 0 Å². The molecule has 3 heterocycles. The number of anilines is 1. The van der Waals surface area contributed by atoms with Crippen molar-refractivity contribution in [2.24, 2.45) is 5.89 Å². The van der Waals surface area contributed by atoms with E-state index in [2.05, 4.69) is 19.8 Å². The molecule has 3 rings (SSSR count). The molecule has 7 heteroatoms. The van der Waals surface area contributed by atoms with Gasteiger partial charge in [0.1, 0.15) is 20.5 Å². The number of hydrogen-bond acceptors (Lipinski definition) is 4. The quantitative estimate of drug-likeness (QED) is 0.864. The Morgan fingerprint density at radius 1 is 1.79 bits per heavy atom. The van der Waals surface area contributed by atoms with Crippen LogP contribution in [0.25, 0.3) is 15.9 Å². The van der Waals surface area contributed by atoms with Gasteiger partial charge >= 0.3 is 5.91 Å². The lowest BCUT2D eigenvalue weighted by Gasteiger charge is -2.41. The van der Waals surface area contributed by atoms with E-state index in [9.17, 15) is 6.17 Å². The molecular weight excluding hydrogens is 304 g/mol. The number of fused-ring (bicyclic) bond motifs is 1. The van der Waals surface area contributed by atoms with Gasteiger partial charge in [0, 0.05) is 40.7 Å². The van der Waals surface area contributed by atoms with Crippen molar-refractivity contribution in [1.82, 2.24) is 19.9 Å². The second kappa shape index (κ2) is 6.48. The van der Waals surface area contributed by atoms with Crippen LogP contribution in [0.3, 0.4) is 0 Å². The minimum Gasteiger partial charge on any atom is -0.354 e. The first kappa shape index (κ1) is 5.45. The highest BCUT2D eigenvalue weighted by Gasteiger charge is 2.33. The predicted octanol–water partition coefficient (Wildman–Crippen LogP) is 1.86. The number of hydrogen-bond donors (Lipinski definition) is 1. The maximum Gasteiger partial charge on any atom is 0.302 e. The van der Waals surface area contributed by atoms with E-state index in [1.165, 1.54) is 6.92 Å². The summed E-state index contributed by atoms with van der Waals surface area (Å²) in [5, 5.41) is -0.528. The van der Waals surface area contributed by atoms with Crippen molar-refractivity contribution >= 4 is 22.8 Å². The summed E-state index contributed by atoms with van der Waals surface area (Å²) in [4.78, 5) is 24.4. The number of piperidine rings is 1. The molecule has 0 spiro atoms. The maximum absolute atomic E-state index is 13.2. The highest BCUT2D eigenvalue weighted by atomic mass is 16.2. The number of aromatic nitrogens is 3. The summed E-state index contributed by atoms with van der Waals surface area (Å²) in [7, 11) is 0. The second-order valence-electron chi connectivity index (χ2n) is 4.57. The van der Waals surface area contributed by atoms with E-state index < -0.39 is 84.6 Å². The topological polar surface area (TPSA) is 69.5 Å². The zero-order valence-electron chi connectivity index (χ0n) is 29.2. The van der Waals surface area contributed by atoms with Gasteiger partial charge < -0.3 is 19.6 Å². The van der Waals surface area contributed by atoms with Gasteiger partial charge in [-0.25, -0.2) is 16.5 Å². The minimum atomic E-state index is -4.44. The Labute approximate surface area is 165 Å². The first-order valence-electron chi connectivity index (χ1n) is 15.0. The molecule has 0 unspecified atom stereocenters. The number of rotatable bonds is 3. The van der Waals surface area contributed by atoms with Crippen molar-refractivity contribution in [3.63, 3.8) is 0 Å². The molecule has 0 aromatic carbocycles. The number of nitrogens with zero attached hydrogens (tertiary/aromatic N) is 5. The fourth-order valence-corrected chi connectivity index (χ4v) is 1.98. The lowest BCUT2D eigenvalue weighted by atomic mass is 9.92. The minimum absolute atomic E-state index is 0.0552. The monoisotopic (exact) mass is 343 g/mol. The number of carbonyl (C=O) groups excluding carboxylic acids is 1. The molecule has 2 aromatic heterocycles. The number of amides is 1. The van der Waals surface area contributed by atoms with E-state index in [4.69, 9.17) is 28.5 Å². The van der Waals surface area contributed by atoms with E-state index in [1.807, 2.05) is 0 Å². The Kier molecular flexibility index (Phi) is 1.47. The summed E-state index contributed by atoms with van der Waals surface area (Å²) in [6.07, 6.45) is -3.69. The molecule has 0 saturated carbocycles. The average Bonchev–Trinajstić information content (AvgIpc) is 3.09. The van der Waals surface area contributed by atoms with E-state index >= 15 is 0 Å². The highest BCUT2D eigenvalue weighted by Crippen LogP contribution is 2.29. The van der Waals surface area contributed by atoms with Crippen LogP contribution in [0.4, 0.5) is 5.82 Å². The van der Waals surface area contributed by atoms with E-state index in [0.717, 1.165) is 0 Å². The van der Waals surface area contributed by atoms with Gasteiger partial charge in [-0.1, -0.05) is 6.85 Å². The van der Waals surface area contributed by atoms with Gasteiger partial charge in [-0.05, 0) is 25.2 Å². The standard InChI is InChI=1S/C17H22N6O/c1-11-5-6-23(15(24)8-18-3)9-14(11)22(4)17-13-7-12(2)21-16(13)19-10-20-17/h7,10-11,14H,5-6,8-9H2,1-2,4H3,(H,19,20,21)/t11-,14+/m1/s1/i1D3,4D3,5D2,6D2,7D,8D2,9D2,11D,14D. The van der Waals surface area contributed by atoms with Gasteiger partial charge in [-0.15, -0.1) is 0 Å². The molecular formula is C17H22N6O. The molecule has 1 saturated heterocycles. The third-order valence-electron chi connectivity index (χ3n) is 2.98. The van der Waals surface area contributed by atoms with Gasteiger partial charge in [-0.3, -0.25) is 4.79 Å². The van der Waals surface area contributed by atoms with Crippen LogP contribution >= 0.6 is 0 Å². The first-order chi connectivity index (χ1) is 18.1. The summed E-state index contributed by atoms with van der Waals surface area (Å²) < 4.78 is 142. The van der Waals surface area contributed by atoms with E-state index in [1.54, 1.807) is 0 Å². The number of aryl methyl sites for hydroxylation is 1. The summed E-state index contributed by atoms with van der Waals surface area (Å²) in [5.74, 6) is -7.92. The molecule has 1 aliphatic rings. The van der Waals surface area contributed by atoms with Gasteiger partial charge in [0.15, 0.2) is 0 Å². The van der Waals surface area contributed by atoms with Crippen LogP contribution in [-0.2, 0) is 4.79 Å². The van der Waals surface area contributed by atoms with Crippen LogP contribution in [0.1, 0.15) is 42.2 Å². The summed E-state index contributed by atoms with van der Waals surface area (Å²) in [5.41, 5.74) is -0.202. The Morgan fingerprint density at radius 3 is 3.42 bits per heavy atom. The van der Waals surface area contributed by atoms with E-state index in [0.29, 0.717) is 6.33 Å². The summed E-state index contributed by atoms with van der Waals surface area (Å²) >= 11 is 0. The SMILES string of the molecule is [2H]c1c(C)[nH]c2ncnc(N(C([2H])([2H])[2H])[C@@]3([2H])C([2H])([2H])N(C(=O)C([2H])([2H])[N+]#[C-])C([2H])([2H])C([2H])([2H])[C@@]3([2H])C([2H])([2H])[2H])c12. The van der Waals surface area contributed by atoms with Gasteiger partial charge in [-0.2, -0.15) is 0 Å². The highest BCUT2D eigenvalue weighted by molar-refractivity contribution is 5.88. The first-order valence-corrected chi connectivity index (χ1v) is 6.46. The molecule has 1 amide bonds. The number of aromatic amines is 1. The molecule has 7 nitrogen and oxygen atoms in total. The molecule has 0 bridgehead atoms. The lowest BCUT2D eigenvalue weighted by molar-refractivity contribution is -0.130. The van der Waals surface area contributed by atoms with E-state index in [-0.39, 0.29) is 11.3 Å². The second-order valence-corrected chi connectivity index (χ2v) is 4.57. The average molecular weight is 344 g/mol. The fraction of sp³-hybridized carbons (Fsp3) is 0.529. The van der Waals surface area contributed by atoms with Crippen molar-refractivity contribution in [3.05, 3.63) is 29.5 Å². The Bertz CT molecular complexity index is 1440. The van der Waals surface area contributed by atoms with Crippen molar-refractivity contribution in [3.8, 4) is 0 Å². The van der Waals surface area contributed by atoms with Crippen LogP contribution in [0.2, 0.25) is 0 Å². The molecule has 1 fully saturated rings. The van der Waals surface area contributed by atoms with Crippen LogP contribution in [-0.4, -0.2) is 58.2 Å². The molecule has 1 N–H and O–H groups in total. The molecule has 1 aliphatic heterocycles. The zero-order chi connectivity index (χ0) is 32.2. The number of likely N-dealkylation sites (tertiary alicyclic amines) is 1. The number of nitrogens with one attached hydrogen (secondary N) is 1. The maximum atomic E-state index is 13.2. The van der Waals surface area contributed by atoms with Crippen molar-refractivity contribution < 1.29 is 28.1 Å². The number of carbonyl (C=O) groups is 1. The molecule has 0 radical (unpaired) electrons. The van der Waals surface area contributed by atoms with Gasteiger partial charge in [0.05, 0.1) is 16.9 Å². The van der Waals surface area contributed by atoms with Crippen LogP contribution in [0, 0.1) is 19.4 Å². The number of likely N-dealkylation sites (N-methyl/N-ethyl adjacent to an activating group) is 1. The van der Waals surface area contributed by atoms with Crippen molar-refractivity contribution in [1.29, 1.82) is 0 Å². The van der Waals surface area contributed by atoms with Crippen LogP contribution in [0.5, 0.6) is 0 Å². The number of H-pyrrole nitrogens is 1. The predicted molar refractivity (Wildman–Crippen MR) is 92.6 cm³/mol. The Balaban J connectivity index is 2.67. The van der Waals surface area contributed by atoms with Crippen molar-refractivity contribution in [2.45, 2.75) is 26.2 Å². The van der Waals surface area contributed by atoms with Gasteiger partial charge in [0.25, 0.3) is 6.50 Å². The van der Waals surface area contributed by atoms with Crippen LogP contribution < -0.4 is 4.90 Å². The Hall–Kier alpha value is -2.62. The molecule has 126 valence electrons. The molecule has 2 aromatic rings. The molecule has 24 heavy (non-hydrogen) atoms. The molecule has 0 aliphatic carbocycles. The normalized spacial score (nSPS) is 45.3. The summed E-state index contributed by atoms with van der Waals surface area (Å²) in [6, 6.07) is -4.94. The third kappa shape index (κ3) is 2.92. The van der Waals surface area contributed by atoms with Crippen molar-refractivity contribution in [2.75, 3.05) is 31.4 Å². The third-order valence-corrected chi connectivity index (χ3v) is 2.98. The zero-order valence-corrected chi connectivity index (χ0v) is 12.2. The smallest absolute Gasteiger partial charge is 0.302 e. The lowest BCUT2D eigenvalue weighted by Crippen LogP contribution is -2.53. The fourth-order valence-electron chi connectivity index (χ4n) is 1.98.